The summed E-state index contributed by atoms with van der Waals surface area (Å²) in [4.78, 5) is 20.0. The molecule has 0 N–H and O–H groups in total. The fourth-order valence-electron chi connectivity index (χ4n) is 16.1. The maximum absolute atomic E-state index is 6.58. The van der Waals surface area contributed by atoms with Gasteiger partial charge in [0.15, 0.2) is 22.8 Å². The first-order chi connectivity index (χ1) is 54.9. The van der Waals surface area contributed by atoms with E-state index >= 15 is 0 Å². The molecule has 14 aromatic carbocycles. The lowest BCUT2D eigenvalue weighted by Crippen LogP contribution is -2.41. The summed E-state index contributed by atoms with van der Waals surface area (Å²) in [7, 11) is -0.427. The van der Waals surface area contributed by atoms with E-state index in [1.54, 1.807) is 0 Å². The standard InChI is InChI=1S/C46H27N3OS.C30H26BNO2S.C22H13BrN2O.H2/c1-2-13-28(14-3-1)42-44-43(35-20-6-10-23-40(35)50-44)48-46(47-42)30-16-12-15-29(25-30)36-26-31(27-37-34-19-7-11-24-41(34)51-45(36)37)49-38-21-8-4-17-32(38)33-18-5-9-22-39(33)49;1-29(2)30(3,4)34-31(33-29)24-18-19(17-23-22-13-7-10-16-27(22)35-28(23)24)32-25-14-8-5-11-20(25)21-12-6-9-15-26(21)32;23-16-10-6-9-15(13-16)22-24-19(14-7-2-1-3-8-14)21-20(25-22)17-11-4-5-12-18(17)26-21;/h1-27H;5-18H,1-4H3;1-13H;1H/i;;;1+1. The topological polar surface area (TPSA) is 106 Å². The molecule has 8 aromatic heterocycles. The molecule has 1 saturated heterocycles. The lowest BCUT2D eigenvalue weighted by Gasteiger charge is -2.32. The van der Waals surface area contributed by atoms with Crippen LogP contribution in [0.15, 0.2) is 341 Å². The van der Waals surface area contributed by atoms with E-state index < -0.39 is 18.3 Å². The molecule has 536 valence electrons. The van der Waals surface area contributed by atoms with Gasteiger partial charge in [-0.25, -0.2) is 19.9 Å². The monoisotopic (exact) mass is 1550 g/mol. The van der Waals surface area contributed by atoms with Gasteiger partial charge in [-0.2, -0.15) is 0 Å². The fraction of sp³-hybridized carbons (Fsp3) is 0.0612. The number of halogens is 1. The van der Waals surface area contributed by atoms with E-state index in [-0.39, 0.29) is 1.43 Å². The summed E-state index contributed by atoms with van der Waals surface area (Å²) < 4.78 is 36.5. The summed E-state index contributed by atoms with van der Waals surface area (Å²) in [6.45, 7) is 8.47. The molecule has 10 nitrogen and oxygen atoms in total. The van der Waals surface area contributed by atoms with Gasteiger partial charge >= 0.3 is 7.12 Å². The molecule has 0 radical (unpaired) electrons. The van der Waals surface area contributed by atoms with Gasteiger partial charge in [-0.3, -0.25) is 0 Å². The second kappa shape index (κ2) is 26.8. The average Bonchev–Trinajstić information content (AvgIpc) is 1.64. The zero-order chi connectivity index (χ0) is 74.9. The third-order valence-corrected chi connectivity index (χ3v) is 25.1. The van der Waals surface area contributed by atoms with Crippen molar-refractivity contribution in [3.05, 3.63) is 332 Å². The van der Waals surface area contributed by atoms with E-state index in [1.807, 2.05) is 138 Å². The van der Waals surface area contributed by atoms with Crippen LogP contribution < -0.4 is 5.46 Å². The first kappa shape index (κ1) is 67.5. The zero-order valence-electron chi connectivity index (χ0n) is 61.3. The summed E-state index contributed by atoms with van der Waals surface area (Å²) in [5.41, 5.74) is 19.9. The molecule has 0 atom stereocenters. The van der Waals surface area contributed by atoms with Crippen molar-refractivity contribution < 1.29 is 19.6 Å². The number of aromatic nitrogens is 6. The van der Waals surface area contributed by atoms with Crippen LogP contribution in [0.1, 0.15) is 29.1 Å². The van der Waals surface area contributed by atoms with E-state index in [0.29, 0.717) is 17.2 Å². The van der Waals surface area contributed by atoms with E-state index in [1.165, 1.54) is 89.5 Å². The average molecular weight is 1550 g/mol. The molecule has 1 fully saturated rings. The number of benzene rings is 14. The van der Waals surface area contributed by atoms with Crippen molar-refractivity contribution in [3.8, 4) is 67.8 Å². The number of hydrogen-bond acceptors (Lipinski definition) is 10. The molecule has 1 aliphatic rings. The molecule has 23 rings (SSSR count). The van der Waals surface area contributed by atoms with Crippen LogP contribution >= 0.6 is 38.6 Å². The minimum Gasteiger partial charge on any atom is -0.452 e. The molecule has 1 aliphatic heterocycles. The highest BCUT2D eigenvalue weighted by molar-refractivity contribution is 9.10. The van der Waals surface area contributed by atoms with Crippen molar-refractivity contribution in [2.24, 2.45) is 0 Å². The highest BCUT2D eigenvalue weighted by Crippen LogP contribution is 2.47. The Morgan fingerprint density at radius 1 is 0.330 bits per heavy atom. The first-order valence-corrected chi connectivity index (χ1v) is 39.9. The second-order valence-electron chi connectivity index (χ2n) is 29.5. The SMILES string of the molecule is Brc1cccc(-c2nc(-c3ccccc3)c3oc4ccccc4c3n2)c1.CC1(C)OB(c2cc(-n3c4ccccc4c4ccccc43)cc3c2sc2ccccc23)OC1(C)C.[2HH].c1ccc(-c2nc(-c3cccc(-c4cc(-n5c6ccccc6c6ccccc65)cc5c4sc4ccccc45)c3)nc3c2oc2ccccc23)cc1. The normalized spacial score (nSPS) is 13.5. The molecule has 9 heterocycles. The van der Waals surface area contributed by atoms with Crippen LogP contribution in [0.25, 0.3) is 196 Å². The molecule has 14 heteroatoms. The molecule has 0 unspecified atom stereocenters. The van der Waals surface area contributed by atoms with Crippen LogP contribution in [0, 0.1) is 0 Å². The molecular formula is C98H68BBrN6O4S2. The van der Waals surface area contributed by atoms with Crippen LogP contribution in [0.4, 0.5) is 0 Å². The Morgan fingerprint density at radius 3 is 1.19 bits per heavy atom. The quantitative estimate of drug-likeness (QED) is 0.139. The van der Waals surface area contributed by atoms with Crippen molar-refractivity contribution in [3.63, 3.8) is 0 Å². The van der Waals surface area contributed by atoms with Gasteiger partial charge in [-0.05, 0) is 136 Å². The third kappa shape index (κ3) is 11.3. The van der Waals surface area contributed by atoms with E-state index in [2.05, 4.69) is 265 Å². The summed E-state index contributed by atoms with van der Waals surface area (Å²) in [6, 6.07) is 115. The summed E-state index contributed by atoms with van der Waals surface area (Å²) in [5, 5.41) is 12.0. The maximum atomic E-state index is 6.58. The number of hydrogen-bond donors (Lipinski definition) is 0. The Morgan fingerprint density at radius 2 is 0.705 bits per heavy atom. The van der Waals surface area contributed by atoms with Crippen LogP contribution in [-0.4, -0.2) is 47.4 Å². The van der Waals surface area contributed by atoms with Gasteiger partial charge in [-0.15, -0.1) is 22.7 Å². The van der Waals surface area contributed by atoms with Crippen LogP contribution in [0.5, 0.6) is 0 Å². The minimum absolute atomic E-state index is 0. The van der Waals surface area contributed by atoms with Crippen molar-refractivity contribution in [1.29, 1.82) is 0 Å². The largest absolute Gasteiger partial charge is 0.496 e. The number of thiophene rings is 2. The van der Waals surface area contributed by atoms with Crippen LogP contribution in [-0.2, 0) is 9.31 Å². The van der Waals surface area contributed by atoms with Gasteiger partial charge in [0, 0.05) is 123 Å². The maximum Gasteiger partial charge on any atom is 0.496 e. The molecule has 22 aromatic rings. The molecule has 0 saturated carbocycles. The van der Waals surface area contributed by atoms with Gasteiger partial charge in [0.25, 0.3) is 0 Å². The zero-order valence-corrected chi connectivity index (χ0v) is 64.5. The Bertz CT molecular complexity index is 7410. The summed E-state index contributed by atoms with van der Waals surface area (Å²) >= 11 is 7.20. The molecule has 0 spiro atoms. The highest BCUT2D eigenvalue weighted by atomic mass is 79.9. The fourth-order valence-corrected chi connectivity index (χ4v) is 19.0. The van der Waals surface area contributed by atoms with Crippen molar-refractivity contribution in [2.75, 3.05) is 0 Å². The van der Waals surface area contributed by atoms with Gasteiger partial charge < -0.3 is 27.3 Å². The Balaban J connectivity index is 0.000000117. The molecular weight excluding hydrogens is 1480 g/mol. The molecule has 0 bridgehead atoms. The van der Waals surface area contributed by atoms with Gasteiger partial charge in [-0.1, -0.05) is 240 Å². The summed E-state index contributed by atoms with van der Waals surface area (Å²) in [6.07, 6.45) is 0. The van der Waals surface area contributed by atoms with Crippen LogP contribution in [0.3, 0.4) is 0 Å². The third-order valence-electron chi connectivity index (χ3n) is 22.2. The Kier molecular flexibility index (Phi) is 16.2. The van der Waals surface area contributed by atoms with Gasteiger partial charge in [0.2, 0.25) is 0 Å². The number of furan rings is 2. The van der Waals surface area contributed by atoms with E-state index in [4.69, 9.17) is 38.1 Å². The first-order valence-electron chi connectivity index (χ1n) is 37.5. The summed E-state index contributed by atoms with van der Waals surface area (Å²) in [5.74, 6) is 1.35. The van der Waals surface area contributed by atoms with Crippen LogP contribution in [0.2, 0.25) is 0 Å². The van der Waals surface area contributed by atoms with Gasteiger partial charge in [0.05, 0.1) is 33.3 Å². The number of nitrogens with zero attached hydrogens (tertiary/aromatic N) is 6. The van der Waals surface area contributed by atoms with Crippen molar-refractivity contribution in [2.45, 2.75) is 38.9 Å². The number of rotatable bonds is 8. The Labute approximate surface area is 661 Å². The Hall–Kier alpha value is -12.7. The van der Waals surface area contributed by atoms with Crippen molar-refractivity contribution in [1.82, 2.24) is 29.1 Å². The van der Waals surface area contributed by atoms with Gasteiger partial charge in [0.1, 0.15) is 33.6 Å². The lowest BCUT2D eigenvalue weighted by molar-refractivity contribution is 0.00578. The smallest absolute Gasteiger partial charge is 0.452 e. The minimum atomic E-state index is -0.427. The van der Waals surface area contributed by atoms with Crippen molar-refractivity contribution >= 4 is 179 Å². The molecule has 112 heavy (non-hydrogen) atoms. The predicted molar refractivity (Wildman–Crippen MR) is 472 cm³/mol. The second-order valence-corrected chi connectivity index (χ2v) is 32.5. The lowest BCUT2D eigenvalue weighted by atomic mass is 9.78. The number of para-hydroxylation sites is 6. The van der Waals surface area contributed by atoms with E-state index in [9.17, 15) is 0 Å². The molecule has 0 aliphatic carbocycles. The highest BCUT2D eigenvalue weighted by Gasteiger charge is 2.52. The molecule has 0 amide bonds. The predicted octanol–water partition coefficient (Wildman–Crippen LogP) is 27.0. The van der Waals surface area contributed by atoms with E-state index in [0.717, 1.165) is 99.1 Å². The number of fused-ring (bicyclic) bond motifs is 18.